The summed E-state index contributed by atoms with van der Waals surface area (Å²) in [6.45, 7) is 5.24. The molecule has 0 aliphatic carbocycles. The highest BCUT2D eigenvalue weighted by molar-refractivity contribution is 5.55. The monoisotopic (exact) mass is 235 g/mol. The summed E-state index contributed by atoms with van der Waals surface area (Å²) in [5.74, 6) is 0.521. The van der Waals surface area contributed by atoms with Gasteiger partial charge >= 0.3 is 0 Å². The van der Waals surface area contributed by atoms with Crippen molar-refractivity contribution >= 4 is 0 Å². The van der Waals surface area contributed by atoms with Gasteiger partial charge in [-0.15, -0.1) is 0 Å². The zero-order valence-electron chi connectivity index (χ0n) is 9.99. The number of rotatable bonds is 2. The van der Waals surface area contributed by atoms with E-state index >= 15 is 0 Å². The number of benzene rings is 1. The highest BCUT2D eigenvalue weighted by Gasteiger charge is 2.22. The van der Waals surface area contributed by atoms with E-state index in [1.54, 1.807) is 32.9 Å². The third kappa shape index (κ3) is 2.34. The second-order valence-electron chi connectivity index (χ2n) is 4.61. The molecular weight excluding hydrogens is 221 g/mol. The van der Waals surface area contributed by atoms with Crippen molar-refractivity contribution < 1.29 is 8.91 Å². The maximum absolute atomic E-state index is 13.1. The van der Waals surface area contributed by atoms with Crippen molar-refractivity contribution in [3.63, 3.8) is 0 Å². The highest BCUT2D eigenvalue weighted by Crippen LogP contribution is 2.22. The van der Waals surface area contributed by atoms with Crippen LogP contribution in [0.15, 0.2) is 22.7 Å². The van der Waals surface area contributed by atoms with Crippen molar-refractivity contribution in [1.29, 1.82) is 0 Å². The summed E-state index contributed by atoms with van der Waals surface area (Å²) in [6, 6.07) is 4.67. The Kier molecular flexibility index (Phi) is 2.71. The van der Waals surface area contributed by atoms with Crippen LogP contribution >= 0.6 is 0 Å². The predicted molar refractivity (Wildman–Crippen MR) is 61.6 cm³/mol. The fraction of sp³-hybridized carbons (Fsp3) is 0.333. The maximum atomic E-state index is 13.1. The maximum Gasteiger partial charge on any atom is 0.246 e. The van der Waals surface area contributed by atoms with Gasteiger partial charge in [0.05, 0.1) is 5.54 Å². The Bertz CT molecular complexity index is 543. The van der Waals surface area contributed by atoms with E-state index in [2.05, 4.69) is 10.1 Å². The molecule has 0 atom stereocenters. The molecule has 1 aromatic carbocycles. The molecule has 1 heterocycles. The predicted octanol–water partition coefficient (Wildman–Crippen LogP) is 2.38. The largest absolute Gasteiger partial charge is 0.337 e. The molecule has 0 saturated heterocycles. The van der Waals surface area contributed by atoms with E-state index in [4.69, 9.17) is 10.3 Å². The van der Waals surface area contributed by atoms with Crippen molar-refractivity contribution in [2.24, 2.45) is 5.73 Å². The molecule has 2 N–H and O–H groups in total. The minimum atomic E-state index is -0.680. The van der Waals surface area contributed by atoms with Gasteiger partial charge in [-0.2, -0.15) is 4.98 Å². The summed E-state index contributed by atoms with van der Waals surface area (Å²) in [5.41, 5.74) is 6.42. The van der Waals surface area contributed by atoms with Crippen LogP contribution in [0.5, 0.6) is 0 Å². The smallest absolute Gasteiger partial charge is 0.246 e. The van der Waals surface area contributed by atoms with Gasteiger partial charge < -0.3 is 10.3 Å². The van der Waals surface area contributed by atoms with Crippen molar-refractivity contribution in [3.05, 3.63) is 35.5 Å². The molecule has 0 amide bonds. The third-order valence-electron chi connectivity index (χ3n) is 2.39. The number of aromatic nitrogens is 2. The molecule has 17 heavy (non-hydrogen) atoms. The van der Waals surface area contributed by atoms with Gasteiger partial charge in [0.2, 0.25) is 11.7 Å². The molecule has 0 unspecified atom stereocenters. The fourth-order valence-electron chi connectivity index (χ4n) is 1.39. The molecule has 4 nitrogen and oxygen atoms in total. The molecule has 0 saturated carbocycles. The molecule has 0 aliphatic heterocycles. The van der Waals surface area contributed by atoms with Crippen molar-refractivity contribution in [1.82, 2.24) is 10.1 Å². The average Bonchev–Trinajstić information content (AvgIpc) is 2.70. The lowest BCUT2D eigenvalue weighted by atomic mass is 10.1. The van der Waals surface area contributed by atoms with Crippen LogP contribution in [-0.2, 0) is 5.54 Å². The molecule has 2 aromatic rings. The van der Waals surface area contributed by atoms with Gasteiger partial charge in [0, 0.05) is 5.56 Å². The molecule has 1 aromatic heterocycles. The fourth-order valence-corrected chi connectivity index (χ4v) is 1.39. The molecule has 0 radical (unpaired) electrons. The first-order chi connectivity index (χ1) is 7.88. The first kappa shape index (κ1) is 11.7. The van der Waals surface area contributed by atoms with Gasteiger partial charge in [0.1, 0.15) is 5.82 Å². The standard InChI is InChI=1S/C12H14FN3O/c1-7-6-8(4-5-9(7)13)10-15-11(17-16-10)12(2,3)14/h4-6H,14H2,1-3H3. The van der Waals surface area contributed by atoms with Crippen LogP contribution in [0.2, 0.25) is 0 Å². The lowest BCUT2D eigenvalue weighted by Gasteiger charge is -2.10. The first-order valence-corrected chi connectivity index (χ1v) is 5.27. The molecular formula is C12H14FN3O. The molecule has 5 heteroatoms. The third-order valence-corrected chi connectivity index (χ3v) is 2.39. The minimum absolute atomic E-state index is 0.253. The van der Waals surface area contributed by atoms with Crippen LogP contribution in [0.25, 0.3) is 11.4 Å². The summed E-state index contributed by atoms with van der Waals surface area (Å²) >= 11 is 0. The lowest BCUT2D eigenvalue weighted by molar-refractivity contribution is 0.312. The van der Waals surface area contributed by atoms with Crippen LogP contribution in [0.4, 0.5) is 4.39 Å². The quantitative estimate of drug-likeness (QED) is 0.867. The van der Waals surface area contributed by atoms with E-state index in [-0.39, 0.29) is 5.82 Å². The summed E-state index contributed by atoms with van der Waals surface area (Å²) in [5, 5.41) is 3.84. The number of hydrogen-bond donors (Lipinski definition) is 1. The van der Waals surface area contributed by atoms with E-state index in [1.165, 1.54) is 6.07 Å². The van der Waals surface area contributed by atoms with Gasteiger partial charge in [0.15, 0.2) is 0 Å². The zero-order valence-corrected chi connectivity index (χ0v) is 9.99. The van der Waals surface area contributed by atoms with Crippen LogP contribution in [-0.4, -0.2) is 10.1 Å². The summed E-state index contributed by atoms with van der Waals surface area (Å²) in [7, 11) is 0. The van der Waals surface area contributed by atoms with Crippen molar-refractivity contribution in [2.75, 3.05) is 0 Å². The Labute approximate surface area is 98.6 Å². The minimum Gasteiger partial charge on any atom is -0.337 e. The van der Waals surface area contributed by atoms with Crippen molar-refractivity contribution in [3.8, 4) is 11.4 Å². The van der Waals surface area contributed by atoms with Crippen LogP contribution in [0.3, 0.4) is 0 Å². The number of aryl methyl sites for hydroxylation is 1. The van der Waals surface area contributed by atoms with Gasteiger partial charge in [-0.05, 0) is 44.5 Å². The van der Waals surface area contributed by atoms with Crippen LogP contribution in [0.1, 0.15) is 25.3 Å². The molecule has 2 rings (SSSR count). The Hall–Kier alpha value is -1.75. The second-order valence-corrected chi connectivity index (χ2v) is 4.61. The zero-order chi connectivity index (χ0) is 12.6. The van der Waals surface area contributed by atoms with Gasteiger partial charge in [-0.25, -0.2) is 4.39 Å². The number of nitrogens with two attached hydrogens (primary N) is 1. The molecule has 90 valence electrons. The Morgan fingerprint density at radius 3 is 2.59 bits per heavy atom. The summed E-state index contributed by atoms with van der Waals surface area (Å²) in [4.78, 5) is 4.20. The van der Waals surface area contributed by atoms with E-state index in [0.717, 1.165) is 0 Å². The number of nitrogens with zero attached hydrogens (tertiary/aromatic N) is 2. The van der Waals surface area contributed by atoms with E-state index in [9.17, 15) is 4.39 Å². The second kappa shape index (κ2) is 3.92. The van der Waals surface area contributed by atoms with Gasteiger partial charge in [0.25, 0.3) is 0 Å². The van der Waals surface area contributed by atoms with E-state index < -0.39 is 5.54 Å². The SMILES string of the molecule is Cc1cc(-c2noc(C(C)(C)N)n2)ccc1F. The number of halogens is 1. The Morgan fingerprint density at radius 2 is 2.06 bits per heavy atom. The molecule has 0 bridgehead atoms. The summed E-state index contributed by atoms with van der Waals surface area (Å²) in [6.07, 6.45) is 0. The normalized spacial score (nSPS) is 11.8. The molecule has 0 fully saturated rings. The first-order valence-electron chi connectivity index (χ1n) is 5.27. The summed E-state index contributed by atoms with van der Waals surface area (Å²) < 4.78 is 18.2. The molecule has 0 spiro atoms. The topological polar surface area (TPSA) is 64.9 Å². The van der Waals surface area contributed by atoms with E-state index in [0.29, 0.717) is 22.8 Å². The van der Waals surface area contributed by atoms with Gasteiger partial charge in [-0.1, -0.05) is 5.16 Å². The Morgan fingerprint density at radius 1 is 1.35 bits per heavy atom. The molecule has 0 aliphatic rings. The average molecular weight is 235 g/mol. The highest BCUT2D eigenvalue weighted by atomic mass is 19.1. The lowest BCUT2D eigenvalue weighted by Crippen LogP contribution is -2.28. The number of hydrogen-bond acceptors (Lipinski definition) is 4. The van der Waals surface area contributed by atoms with Crippen LogP contribution < -0.4 is 5.73 Å². The van der Waals surface area contributed by atoms with Gasteiger partial charge in [-0.3, -0.25) is 0 Å². The van der Waals surface area contributed by atoms with E-state index in [1.807, 2.05) is 0 Å². The Balaban J connectivity index is 2.40. The van der Waals surface area contributed by atoms with Crippen molar-refractivity contribution in [2.45, 2.75) is 26.3 Å². The van der Waals surface area contributed by atoms with Crippen LogP contribution in [0, 0.1) is 12.7 Å².